The molecule has 0 radical (unpaired) electrons. The zero-order valence-corrected chi connectivity index (χ0v) is 16.4. The van der Waals surface area contributed by atoms with Gasteiger partial charge in [-0.2, -0.15) is 10.2 Å². The average molecular weight is 441 g/mol. The molecule has 0 aliphatic carbocycles. The molecule has 26 heavy (non-hydrogen) atoms. The number of hydrogen-bond acceptors (Lipinski definition) is 3. The predicted molar refractivity (Wildman–Crippen MR) is 101 cm³/mol. The predicted octanol–water partition coefficient (Wildman–Crippen LogP) is 4.19. The summed E-state index contributed by atoms with van der Waals surface area (Å²) in [5, 5.41) is 11.5. The van der Waals surface area contributed by atoms with Crippen molar-refractivity contribution in [1.29, 1.82) is 0 Å². The minimum atomic E-state index is -0.498. The number of amides is 1. The second-order valence-corrected chi connectivity index (χ2v) is 7.15. The van der Waals surface area contributed by atoms with Gasteiger partial charge in [-0.05, 0) is 47.5 Å². The molecule has 1 unspecified atom stereocenters. The van der Waals surface area contributed by atoms with Gasteiger partial charge >= 0.3 is 0 Å². The lowest BCUT2D eigenvalue weighted by atomic mass is 10.2. The Kier molecular flexibility index (Phi) is 5.43. The van der Waals surface area contributed by atoms with Crippen LogP contribution in [0.2, 0.25) is 5.02 Å². The van der Waals surface area contributed by atoms with Gasteiger partial charge in [0.05, 0.1) is 17.2 Å². The van der Waals surface area contributed by atoms with Gasteiger partial charge in [-0.1, -0.05) is 17.7 Å². The number of benzene rings is 1. The molecule has 3 rings (SSSR count). The van der Waals surface area contributed by atoms with Crippen molar-refractivity contribution in [2.75, 3.05) is 5.32 Å². The number of carbonyl (C=O) groups is 1. The van der Waals surface area contributed by atoms with Crippen LogP contribution < -0.4 is 5.32 Å². The highest BCUT2D eigenvalue weighted by molar-refractivity contribution is 9.10. The van der Waals surface area contributed by atoms with Crippen LogP contribution in [-0.2, 0) is 11.3 Å². The van der Waals surface area contributed by atoms with Crippen LogP contribution >= 0.6 is 27.5 Å². The molecule has 9 heteroatoms. The summed E-state index contributed by atoms with van der Waals surface area (Å²) in [4.78, 5) is 12.4. The topological polar surface area (TPSA) is 64.7 Å². The van der Waals surface area contributed by atoms with E-state index in [0.29, 0.717) is 20.9 Å². The van der Waals surface area contributed by atoms with E-state index in [1.165, 1.54) is 10.7 Å². The van der Waals surface area contributed by atoms with Gasteiger partial charge in [0.2, 0.25) is 5.91 Å². The molecule has 2 heterocycles. The largest absolute Gasteiger partial charge is 0.306 e. The molecule has 0 fully saturated rings. The molecule has 0 saturated heterocycles. The molecule has 1 N–H and O–H groups in total. The summed E-state index contributed by atoms with van der Waals surface area (Å²) in [7, 11) is 0. The summed E-state index contributed by atoms with van der Waals surface area (Å²) in [5.41, 5.74) is 1.30. The molecule has 1 amide bonds. The molecular weight excluding hydrogens is 425 g/mol. The molecule has 0 aliphatic rings. The van der Waals surface area contributed by atoms with Crippen LogP contribution in [0.25, 0.3) is 0 Å². The number of halogens is 3. The van der Waals surface area contributed by atoms with Crippen molar-refractivity contribution in [2.24, 2.45) is 0 Å². The molecule has 0 spiro atoms. The molecule has 2 aromatic heterocycles. The van der Waals surface area contributed by atoms with Crippen molar-refractivity contribution in [3.63, 3.8) is 0 Å². The van der Waals surface area contributed by atoms with Crippen LogP contribution in [0.4, 0.5) is 10.2 Å². The maximum Gasteiger partial charge on any atom is 0.250 e. The third-order valence-electron chi connectivity index (χ3n) is 3.85. The van der Waals surface area contributed by atoms with Gasteiger partial charge in [0.15, 0.2) is 5.82 Å². The summed E-state index contributed by atoms with van der Waals surface area (Å²) in [5.74, 6) is -0.321. The second-order valence-electron chi connectivity index (χ2n) is 5.89. The van der Waals surface area contributed by atoms with Gasteiger partial charge in [-0.3, -0.25) is 14.2 Å². The average Bonchev–Trinajstić information content (AvgIpc) is 3.16. The van der Waals surface area contributed by atoms with E-state index in [2.05, 4.69) is 31.4 Å². The fourth-order valence-corrected chi connectivity index (χ4v) is 3.03. The SMILES string of the molecule is Cc1cnn(C(C)C(=O)Nc2nn(Cc3c(F)cccc3Cl)cc2Br)c1. The first-order chi connectivity index (χ1) is 12.3. The number of nitrogens with zero attached hydrogens (tertiary/aromatic N) is 4. The Morgan fingerprint density at radius 2 is 2.19 bits per heavy atom. The Morgan fingerprint density at radius 3 is 2.85 bits per heavy atom. The van der Waals surface area contributed by atoms with E-state index >= 15 is 0 Å². The van der Waals surface area contributed by atoms with Crippen molar-refractivity contribution >= 4 is 39.3 Å². The molecule has 0 aliphatic heterocycles. The Bertz CT molecular complexity index is 934. The van der Waals surface area contributed by atoms with E-state index in [1.54, 1.807) is 42.3 Å². The summed E-state index contributed by atoms with van der Waals surface area (Å²) in [6.45, 7) is 3.79. The zero-order chi connectivity index (χ0) is 18.8. The lowest BCUT2D eigenvalue weighted by molar-refractivity contribution is -0.119. The number of rotatable bonds is 5. The van der Waals surface area contributed by atoms with E-state index in [1.807, 2.05) is 6.92 Å². The van der Waals surface area contributed by atoms with Gasteiger partial charge in [-0.15, -0.1) is 0 Å². The molecule has 136 valence electrons. The van der Waals surface area contributed by atoms with Gasteiger partial charge < -0.3 is 5.32 Å². The molecule has 6 nitrogen and oxygen atoms in total. The summed E-state index contributed by atoms with van der Waals surface area (Å²) >= 11 is 9.41. The van der Waals surface area contributed by atoms with Gasteiger partial charge in [-0.25, -0.2) is 4.39 Å². The fourth-order valence-electron chi connectivity index (χ4n) is 2.39. The Hall–Kier alpha value is -2.19. The van der Waals surface area contributed by atoms with Crippen molar-refractivity contribution < 1.29 is 9.18 Å². The maximum atomic E-state index is 13.9. The van der Waals surface area contributed by atoms with E-state index in [0.717, 1.165) is 5.56 Å². The lowest BCUT2D eigenvalue weighted by Gasteiger charge is -2.11. The maximum absolute atomic E-state index is 13.9. The van der Waals surface area contributed by atoms with Crippen molar-refractivity contribution in [3.8, 4) is 0 Å². The van der Waals surface area contributed by atoms with Gasteiger partial charge in [0, 0.05) is 23.0 Å². The van der Waals surface area contributed by atoms with Crippen LogP contribution in [0, 0.1) is 12.7 Å². The minimum absolute atomic E-state index is 0.147. The molecule has 1 atom stereocenters. The quantitative estimate of drug-likeness (QED) is 0.647. The highest BCUT2D eigenvalue weighted by Crippen LogP contribution is 2.24. The van der Waals surface area contributed by atoms with Crippen LogP contribution in [0.15, 0.2) is 41.3 Å². The van der Waals surface area contributed by atoms with E-state index in [4.69, 9.17) is 11.6 Å². The van der Waals surface area contributed by atoms with Crippen LogP contribution in [-0.4, -0.2) is 25.5 Å². The zero-order valence-electron chi connectivity index (χ0n) is 14.1. The number of aryl methyl sites for hydroxylation is 1. The van der Waals surface area contributed by atoms with Crippen LogP contribution in [0.1, 0.15) is 24.1 Å². The third-order valence-corrected chi connectivity index (χ3v) is 4.78. The van der Waals surface area contributed by atoms with Crippen molar-refractivity contribution in [2.45, 2.75) is 26.4 Å². The Morgan fingerprint density at radius 1 is 1.42 bits per heavy atom. The Labute approximate surface area is 163 Å². The van der Waals surface area contributed by atoms with Crippen molar-refractivity contribution in [3.05, 3.63) is 63.2 Å². The molecule has 3 aromatic rings. The van der Waals surface area contributed by atoms with Crippen molar-refractivity contribution in [1.82, 2.24) is 19.6 Å². The monoisotopic (exact) mass is 439 g/mol. The normalized spacial score (nSPS) is 12.2. The van der Waals surface area contributed by atoms with E-state index in [9.17, 15) is 9.18 Å². The first-order valence-corrected chi connectivity index (χ1v) is 8.99. The summed E-state index contributed by atoms with van der Waals surface area (Å²) < 4.78 is 17.6. The minimum Gasteiger partial charge on any atom is -0.306 e. The van der Waals surface area contributed by atoms with Gasteiger partial charge in [0.1, 0.15) is 11.9 Å². The van der Waals surface area contributed by atoms with Gasteiger partial charge in [0.25, 0.3) is 0 Å². The Balaban J connectivity index is 1.75. The standard InChI is InChI=1S/C17H16BrClFN5O/c1-10-6-21-25(7-10)11(2)17(26)22-16-13(18)9-24(23-16)8-12-14(19)4-3-5-15(12)20/h3-7,9,11H,8H2,1-2H3,(H,22,23,26). The van der Waals surface area contributed by atoms with E-state index in [-0.39, 0.29) is 12.5 Å². The molecular formula is C17H16BrClFN5O. The molecule has 0 saturated carbocycles. The highest BCUT2D eigenvalue weighted by Gasteiger charge is 2.19. The number of carbonyl (C=O) groups excluding carboxylic acids is 1. The molecule has 1 aromatic carbocycles. The number of aromatic nitrogens is 4. The smallest absolute Gasteiger partial charge is 0.250 e. The first-order valence-electron chi connectivity index (χ1n) is 7.82. The third kappa shape index (κ3) is 3.96. The van der Waals surface area contributed by atoms with Crippen LogP contribution in [0.3, 0.4) is 0 Å². The summed E-state index contributed by atoms with van der Waals surface area (Å²) in [6, 6.07) is 4.01. The van der Waals surface area contributed by atoms with E-state index < -0.39 is 11.9 Å². The first kappa shape index (κ1) is 18.6. The second kappa shape index (κ2) is 7.59. The summed E-state index contributed by atoms with van der Waals surface area (Å²) in [6.07, 6.45) is 5.13. The number of hydrogen-bond donors (Lipinski definition) is 1. The molecule has 0 bridgehead atoms. The number of nitrogens with one attached hydrogen (secondary N) is 1. The highest BCUT2D eigenvalue weighted by atomic mass is 79.9. The number of anilines is 1. The van der Waals surface area contributed by atoms with Crippen LogP contribution in [0.5, 0.6) is 0 Å². The fraction of sp³-hybridized carbons (Fsp3) is 0.235. The lowest BCUT2D eigenvalue weighted by Crippen LogP contribution is -2.24.